The van der Waals surface area contributed by atoms with Crippen LogP contribution in [0.2, 0.25) is 0 Å². The number of morpholine rings is 1. The Balaban J connectivity index is 1.71. The molecule has 1 saturated carbocycles. The van der Waals surface area contributed by atoms with Crippen LogP contribution in [0.5, 0.6) is 0 Å². The highest BCUT2D eigenvalue weighted by molar-refractivity contribution is 5.88. The van der Waals surface area contributed by atoms with Crippen molar-refractivity contribution in [2.45, 2.75) is 44.6 Å². The fourth-order valence-corrected chi connectivity index (χ4v) is 3.11. The number of carbonyl (C=O) groups is 3. The van der Waals surface area contributed by atoms with E-state index in [1.807, 2.05) is 0 Å². The van der Waals surface area contributed by atoms with Crippen LogP contribution in [0.25, 0.3) is 0 Å². The molecule has 2 aliphatic rings. The molecular weight excluding hydrogens is 288 g/mol. The molecule has 1 saturated heterocycles. The van der Waals surface area contributed by atoms with E-state index in [2.05, 4.69) is 5.32 Å². The molecule has 0 aromatic rings. The highest BCUT2D eigenvalue weighted by atomic mass is 16.5. The molecule has 0 aromatic carbocycles. The van der Waals surface area contributed by atoms with Crippen LogP contribution < -0.4 is 5.32 Å². The van der Waals surface area contributed by atoms with Crippen molar-refractivity contribution in [3.63, 3.8) is 0 Å². The smallest absolute Gasteiger partial charge is 0.328 e. The maximum Gasteiger partial charge on any atom is 0.328 e. The summed E-state index contributed by atoms with van der Waals surface area (Å²) in [6.07, 6.45) is 6.19. The molecule has 124 valence electrons. The zero-order valence-corrected chi connectivity index (χ0v) is 12.8. The van der Waals surface area contributed by atoms with Crippen molar-refractivity contribution in [3.8, 4) is 0 Å². The molecule has 1 unspecified atom stereocenters. The van der Waals surface area contributed by atoms with Gasteiger partial charge in [-0.05, 0) is 12.3 Å². The van der Waals surface area contributed by atoms with Crippen molar-refractivity contribution in [2.75, 3.05) is 26.3 Å². The van der Waals surface area contributed by atoms with Gasteiger partial charge in [0.05, 0.1) is 19.8 Å². The lowest BCUT2D eigenvalue weighted by molar-refractivity contribution is -0.158. The number of hydrogen-bond acceptors (Lipinski definition) is 4. The molecule has 7 nitrogen and oxygen atoms in total. The number of hydrogen-bond donors (Lipinski definition) is 2. The lowest BCUT2D eigenvalue weighted by Gasteiger charge is -2.32. The minimum atomic E-state index is -1.08. The molecule has 0 bridgehead atoms. The molecule has 0 radical (unpaired) electrons. The van der Waals surface area contributed by atoms with Gasteiger partial charge in [0.15, 0.2) is 6.04 Å². The van der Waals surface area contributed by atoms with Gasteiger partial charge in [-0.3, -0.25) is 9.59 Å². The third-order valence-corrected chi connectivity index (χ3v) is 4.43. The predicted octanol–water partition coefficient (Wildman–Crippen LogP) is 0.385. The van der Waals surface area contributed by atoms with Gasteiger partial charge in [-0.2, -0.15) is 0 Å². The minimum absolute atomic E-state index is 0.00327. The van der Waals surface area contributed by atoms with E-state index in [1.165, 1.54) is 30.6 Å². The van der Waals surface area contributed by atoms with Crippen LogP contribution in [0, 0.1) is 5.92 Å². The van der Waals surface area contributed by atoms with Crippen LogP contribution in [-0.4, -0.2) is 60.1 Å². The molecule has 2 N–H and O–H groups in total. The van der Waals surface area contributed by atoms with Crippen LogP contribution in [-0.2, 0) is 19.1 Å². The Labute approximate surface area is 130 Å². The number of carbonyl (C=O) groups excluding carboxylic acids is 2. The summed E-state index contributed by atoms with van der Waals surface area (Å²) in [7, 11) is 0. The number of carboxylic acids is 1. The number of nitrogens with one attached hydrogen (secondary N) is 1. The van der Waals surface area contributed by atoms with E-state index in [4.69, 9.17) is 9.84 Å². The highest BCUT2D eigenvalue weighted by Crippen LogP contribution is 2.28. The number of amides is 2. The van der Waals surface area contributed by atoms with Crippen molar-refractivity contribution in [2.24, 2.45) is 5.92 Å². The minimum Gasteiger partial charge on any atom is -0.480 e. The van der Waals surface area contributed by atoms with Gasteiger partial charge >= 0.3 is 5.97 Å². The topological polar surface area (TPSA) is 95.9 Å². The van der Waals surface area contributed by atoms with Crippen LogP contribution in [0.3, 0.4) is 0 Å². The van der Waals surface area contributed by atoms with E-state index >= 15 is 0 Å². The molecule has 1 aliphatic heterocycles. The number of carboxylic acid groups (broad SMARTS) is 1. The average Bonchev–Trinajstić information content (AvgIpc) is 3.04. The second-order valence-electron chi connectivity index (χ2n) is 5.98. The van der Waals surface area contributed by atoms with Crippen LogP contribution in [0.1, 0.15) is 38.5 Å². The van der Waals surface area contributed by atoms with Gasteiger partial charge in [-0.25, -0.2) is 4.79 Å². The Morgan fingerprint density at radius 1 is 1.23 bits per heavy atom. The molecule has 1 atom stereocenters. The highest BCUT2D eigenvalue weighted by Gasteiger charge is 2.32. The van der Waals surface area contributed by atoms with E-state index in [9.17, 15) is 14.4 Å². The summed E-state index contributed by atoms with van der Waals surface area (Å²) < 4.78 is 5.08. The summed E-state index contributed by atoms with van der Waals surface area (Å²) in [6.45, 7) is 0.420. The summed E-state index contributed by atoms with van der Waals surface area (Å²) >= 11 is 0. The molecule has 1 heterocycles. The van der Waals surface area contributed by atoms with Gasteiger partial charge in [0.25, 0.3) is 0 Å². The van der Waals surface area contributed by atoms with Crippen LogP contribution in [0.15, 0.2) is 0 Å². The Hall–Kier alpha value is -1.63. The first-order chi connectivity index (χ1) is 10.6. The summed E-state index contributed by atoms with van der Waals surface area (Å²) in [4.78, 5) is 36.2. The lowest BCUT2D eigenvalue weighted by Crippen LogP contribution is -2.54. The first-order valence-corrected chi connectivity index (χ1v) is 7.94. The van der Waals surface area contributed by atoms with E-state index in [1.54, 1.807) is 0 Å². The van der Waals surface area contributed by atoms with Crippen molar-refractivity contribution in [1.29, 1.82) is 0 Å². The maximum atomic E-state index is 12.1. The quantitative estimate of drug-likeness (QED) is 0.739. The second-order valence-corrected chi connectivity index (χ2v) is 5.98. The SMILES string of the molecule is O=C(CCC1CCCC1)NCC(=O)N1CCOCC1C(=O)O. The fraction of sp³-hybridized carbons (Fsp3) is 0.800. The molecule has 22 heavy (non-hydrogen) atoms. The van der Waals surface area contributed by atoms with Crippen molar-refractivity contribution in [1.82, 2.24) is 10.2 Å². The lowest BCUT2D eigenvalue weighted by atomic mass is 10.0. The van der Waals surface area contributed by atoms with E-state index < -0.39 is 12.0 Å². The van der Waals surface area contributed by atoms with Crippen molar-refractivity contribution < 1.29 is 24.2 Å². The predicted molar refractivity (Wildman–Crippen MR) is 78.2 cm³/mol. The van der Waals surface area contributed by atoms with Gasteiger partial charge in [-0.1, -0.05) is 25.7 Å². The summed E-state index contributed by atoms with van der Waals surface area (Å²) in [6, 6.07) is -0.961. The first kappa shape index (κ1) is 16.7. The number of aliphatic carboxylic acids is 1. The molecule has 1 aliphatic carbocycles. The number of rotatable bonds is 6. The van der Waals surface area contributed by atoms with E-state index in [-0.39, 0.29) is 31.5 Å². The largest absolute Gasteiger partial charge is 0.480 e. The third kappa shape index (κ3) is 4.69. The van der Waals surface area contributed by atoms with Crippen LogP contribution in [0.4, 0.5) is 0 Å². The van der Waals surface area contributed by atoms with Crippen molar-refractivity contribution in [3.05, 3.63) is 0 Å². The van der Waals surface area contributed by atoms with E-state index in [0.717, 1.165) is 6.42 Å². The Bertz CT molecular complexity index is 420. The first-order valence-electron chi connectivity index (χ1n) is 7.94. The van der Waals surface area contributed by atoms with Gasteiger partial charge in [0.1, 0.15) is 0 Å². The third-order valence-electron chi connectivity index (χ3n) is 4.43. The molecule has 2 amide bonds. The second kappa shape index (κ2) is 8.12. The number of nitrogens with zero attached hydrogens (tertiary/aromatic N) is 1. The van der Waals surface area contributed by atoms with Gasteiger partial charge in [0.2, 0.25) is 11.8 Å². The number of ether oxygens (including phenoxy) is 1. The molecule has 2 rings (SSSR count). The summed E-state index contributed by atoms with van der Waals surface area (Å²) in [5.41, 5.74) is 0. The van der Waals surface area contributed by atoms with Gasteiger partial charge in [-0.15, -0.1) is 0 Å². The zero-order valence-electron chi connectivity index (χ0n) is 12.8. The molecular formula is C15H24N2O5. The van der Waals surface area contributed by atoms with Crippen molar-refractivity contribution >= 4 is 17.8 Å². The molecule has 0 spiro atoms. The molecule has 0 aromatic heterocycles. The fourth-order valence-electron chi connectivity index (χ4n) is 3.11. The van der Waals surface area contributed by atoms with Crippen LogP contribution >= 0.6 is 0 Å². The standard InChI is InChI=1S/C15H24N2O5/c18-13(6-5-11-3-1-2-4-11)16-9-14(19)17-7-8-22-10-12(17)15(20)21/h11-12H,1-10H2,(H,16,18)(H,20,21). The Morgan fingerprint density at radius 3 is 2.64 bits per heavy atom. The van der Waals surface area contributed by atoms with E-state index in [0.29, 0.717) is 18.9 Å². The zero-order chi connectivity index (χ0) is 15.9. The molecule has 2 fully saturated rings. The Morgan fingerprint density at radius 2 is 1.95 bits per heavy atom. The van der Waals surface area contributed by atoms with Gasteiger partial charge < -0.3 is 20.1 Å². The normalized spacial score (nSPS) is 22.5. The Kier molecular flexibility index (Phi) is 6.18. The maximum absolute atomic E-state index is 12.1. The summed E-state index contributed by atoms with van der Waals surface area (Å²) in [5, 5.41) is 11.7. The summed E-state index contributed by atoms with van der Waals surface area (Å²) in [5.74, 6) is -0.956. The average molecular weight is 312 g/mol. The van der Waals surface area contributed by atoms with Gasteiger partial charge in [0, 0.05) is 13.0 Å². The molecule has 7 heteroatoms. The monoisotopic (exact) mass is 312 g/mol.